The minimum atomic E-state index is -3.11. The first-order chi connectivity index (χ1) is 8.70. The second kappa shape index (κ2) is 6.47. The molecule has 0 saturated carbocycles. The summed E-state index contributed by atoms with van der Waals surface area (Å²) in [5.74, 6) is -0.374. The van der Waals surface area contributed by atoms with Gasteiger partial charge in [-0.15, -0.1) is 0 Å². The van der Waals surface area contributed by atoms with Gasteiger partial charge in [0, 0.05) is 25.3 Å². The van der Waals surface area contributed by atoms with E-state index in [1.807, 2.05) is 0 Å². The first-order valence-corrected chi connectivity index (χ1v) is 8.49. The molecule has 2 unspecified atom stereocenters. The Morgan fingerprint density at radius 2 is 2.05 bits per heavy atom. The molecule has 1 saturated heterocycles. The van der Waals surface area contributed by atoms with Gasteiger partial charge in [-0.3, -0.25) is 9.59 Å². The van der Waals surface area contributed by atoms with Gasteiger partial charge in [0.15, 0.2) is 0 Å². The van der Waals surface area contributed by atoms with Crippen molar-refractivity contribution in [2.45, 2.75) is 32.2 Å². The Hall–Kier alpha value is -0.950. The molecule has 7 heteroatoms. The van der Waals surface area contributed by atoms with Crippen LogP contribution in [0.3, 0.4) is 0 Å². The van der Waals surface area contributed by atoms with Crippen LogP contribution in [0.25, 0.3) is 0 Å². The van der Waals surface area contributed by atoms with Gasteiger partial charge in [-0.1, -0.05) is 0 Å². The number of ketones is 1. The summed E-state index contributed by atoms with van der Waals surface area (Å²) in [7, 11) is -3.11. The van der Waals surface area contributed by atoms with Crippen LogP contribution in [0.15, 0.2) is 0 Å². The van der Waals surface area contributed by atoms with Crippen molar-refractivity contribution in [3.63, 3.8) is 0 Å². The molecule has 0 aromatic heterocycles. The smallest absolute Gasteiger partial charge is 0.239 e. The molecular weight excluding hydrogens is 268 g/mol. The fraction of sp³-hybridized carbons (Fsp3) is 0.833. The van der Waals surface area contributed by atoms with Crippen LogP contribution in [-0.4, -0.2) is 56.1 Å². The fourth-order valence-corrected chi connectivity index (χ4v) is 2.89. The SMILES string of the molecule is CC(=O)C1CCCN(C(=O)C(N)CCS(C)(=O)=O)C1. The van der Waals surface area contributed by atoms with Gasteiger partial charge in [0.1, 0.15) is 15.6 Å². The molecule has 0 spiro atoms. The standard InChI is InChI=1S/C12H22N2O4S/c1-9(15)10-4-3-6-14(8-10)12(16)11(13)5-7-19(2,17)18/h10-11H,3-8,13H2,1-2H3. The lowest BCUT2D eigenvalue weighted by atomic mass is 9.94. The van der Waals surface area contributed by atoms with E-state index in [2.05, 4.69) is 0 Å². The fourth-order valence-electron chi connectivity index (χ4n) is 2.21. The third-order valence-corrected chi connectivity index (χ3v) is 4.40. The summed E-state index contributed by atoms with van der Waals surface area (Å²) < 4.78 is 22.1. The van der Waals surface area contributed by atoms with E-state index < -0.39 is 15.9 Å². The zero-order valence-electron chi connectivity index (χ0n) is 11.5. The average molecular weight is 290 g/mol. The van der Waals surface area contributed by atoms with Crippen LogP contribution in [0.5, 0.6) is 0 Å². The number of rotatable bonds is 5. The molecule has 110 valence electrons. The molecule has 1 aliphatic rings. The van der Waals surface area contributed by atoms with Crippen LogP contribution in [0, 0.1) is 5.92 Å². The summed E-state index contributed by atoms with van der Waals surface area (Å²) >= 11 is 0. The third kappa shape index (κ3) is 5.28. The van der Waals surface area contributed by atoms with E-state index in [0.717, 1.165) is 19.1 Å². The molecule has 1 rings (SSSR count). The van der Waals surface area contributed by atoms with Gasteiger partial charge in [0.05, 0.1) is 11.8 Å². The van der Waals surface area contributed by atoms with Crippen LogP contribution < -0.4 is 5.73 Å². The van der Waals surface area contributed by atoms with Crippen molar-refractivity contribution in [3.8, 4) is 0 Å². The molecule has 2 atom stereocenters. The summed E-state index contributed by atoms with van der Waals surface area (Å²) in [5.41, 5.74) is 5.74. The number of sulfone groups is 1. The molecule has 1 heterocycles. The Kier molecular flexibility index (Phi) is 5.49. The Labute approximate surface area is 114 Å². The molecule has 1 aliphatic heterocycles. The lowest BCUT2D eigenvalue weighted by Crippen LogP contribution is -2.49. The number of nitrogens with zero attached hydrogens (tertiary/aromatic N) is 1. The number of hydrogen-bond donors (Lipinski definition) is 1. The third-order valence-electron chi connectivity index (χ3n) is 3.42. The minimum Gasteiger partial charge on any atom is -0.341 e. The second-order valence-corrected chi connectivity index (χ2v) is 7.52. The van der Waals surface area contributed by atoms with Crippen molar-refractivity contribution >= 4 is 21.5 Å². The van der Waals surface area contributed by atoms with E-state index in [1.165, 1.54) is 6.92 Å². The van der Waals surface area contributed by atoms with E-state index in [-0.39, 0.29) is 29.8 Å². The predicted molar refractivity (Wildman–Crippen MR) is 72.3 cm³/mol. The van der Waals surface area contributed by atoms with Crippen LogP contribution in [0.4, 0.5) is 0 Å². The highest BCUT2D eigenvalue weighted by Gasteiger charge is 2.29. The summed E-state index contributed by atoms with van der Waals surface area (Å²) in [5, 5.41) is 0. The summed E-state index contributed by atoms with van der Waals surface area (Å²) in [6.45, 7) is 2.53. The van der Waals surface area contributed by atoms with E-state index in [0.29, 0.717) is 13.1 Å². The highest BCUT2D eigenvalue weighted by molar-refractivity contribution is 7.90. The predicted octanol–water partition coefficient (Wildman–Crippen LogP) is -0.424. The van der Waals surface area contributed by atoms with E-state index >= 15 is 0 Å². The van der Waals surface area contributed by atoms with Crippen molar-refractivity contribution in [2.75, 3.05) is 25.1 Å². The number of piperidine rings is 1. The molecule has 0 bridgehead atoms. The monoisotopic (exact) mass is 290 g/mol. The summed E-state index contributed by atoms with van der Waals surface area (Å²) in [6, 6.07) is -0.805. The van der Waals surface area contributed by atoms with Crippen LogP contribution in [0.1, 0.15) is 26.2 Å². The van der Waals surface area contributed by atoms with Crippen molar-refractivity contribution in [3.05, 3.63) is 0 Å². The molecule has 0 aromatic rings. The number of likely N-dealkylation sites (tertiary alicyclic amines) is 1. The maximum Gasteiger partial charge on any atom is 0.239 e. The van der Waals surface area contributed by atoms with Crippen LogP contribution in [-0.2, 0) is 19.4 Å². The molecule has 0 aromatic carbocycles. The molecule has 1 fully saturated rings. The van der Waals surface area contributed by atoms with Gasteiger partial charge in [0.25, 0.3) is 0 Å². The lowest BCUT2D eigenvalue weighted by Gasteiger charge is -2.33. The topological polar surface area (TPSA) is 97.5 Å². The number of amides is 1. The van der Waals surface area contributed by atoms with Gasteiger partial charge >= 0.3 is 0 Å². The Bertz CT molecular complexity index is 447. The van der Waals surface area contributed by atoms with E-state index in [9.17, 15) is 18.0 Å². The van der Waals surface area contributed by atoms with Crippen molar-refractivity contribution in [1.82, 2.24) is 4.90 Å². The van der Waals surface area contributed by atoms with Gasteiger partial charge in [-0.05, 0) is 26.2 Å². The quantitative estimate of drug-likeness (QED) is 0.741. The molecule has 19 heavy (non-hydrogen) atoms. The van der Waals surface area contributed by atoms with Crippen LogP contribution >= 0.6 is 0 Å². The first kappa shape index (κ1) is 16.1. The molecule has 6 nitrogen and oxygen atoms in total. The Balaban J connectivity index is 2.54. The number of nitrogens with two attached hydrogens (primary N) is 1. The van der Waals surface area contributed by atoms with Gasteiger partial charge in [0.2, 0.25) is 5.91 Å². The zero-order valence-corrected chi connectivity index (χ0v) is 12.3. The van der Waals surface area contributed by atoms with E-state index in [4.69, 9.17) is 5.73 Å². The molecule has 2 N–H and O–H groups in total. The van der Waals surface area contributed by atoms with Crippen LogP contribution in [0.2, 0.25) is 0 Å². The minimum absolute atomic E-state index is 0.0854. The Morgan fingerprint density at radius 1 is 1.42 bits per heavy atom. The van der Waals surface area contributed by atoms with Gasteiger partial charge in [-0.25, -0.2) is 8.42 Å². The lowest BCUT2D eigenvalue weighted by molar-refractivity contribution is -0.136. The largest absolute Gasteiger partial charge is 0.341 e. The highest BCUT2D eigenvalue weighted by atomic mass is 32.2. The van der Waals surface area contributed by atoms with Gasteiger partial charge in [-0.2, -0.15) is 0 Å². The highest BCUT2D eigenvalue weighted by Crippen LogP contribution is 2.18. The van der Waals surface area contributed by atoms with Crippen molar-refractivity contribution < 1.29 is 18.0 Å². The Morgan fingerprint density at radius 3 is 2.58 bits per heavy atom. The second-order valence-electron chi connectivity index (χ2n) is 5.26. The van der Waals surface area contributed by atoms with Crippen molar-refractivity contribution in [2.24, 2.45) is 11.7 Å². The maximum atomic E-state index is 12.1. The average Bonchev–Trinajstić information content (AvgIpc) is 2.34. The number of carbonyl (C=O) groups is 2. The molecule has 0 radical (unpaired) electrons. The molecule has 0 aliphatic carbocycles. The van der Waals surface area contributed by atoms with Gasteiger partial charge < -0.3 is 10.6 Å². The van der Waals surface area contributed by atoms with Crippen molar-refractivity contribution in [1.29, 1.82) is 0 Å². The van der Waals surface area contributed by atoms with E-state index in [1.54, 1.807) is 4.90 Å². The first-order valence-electron chi connectivity index (χ1n) is 6.43. The summed E-state index contributed by atoms with van der Waals surface area (Å²) in [6.07, 6.45) is 2.84. The number of hydrogen-bond acceptors (Lipinski definition) is 5. The maximum absolute atomic E-state index is 12.1. The normalized spacial score (nSPS) is 22.1. The molecular formula is C12H22N2O4S. The number of Topliss-reactive ketones (excluding diaryl/α,β-unsaturated/α-hetero) is 1. The number of carbonyl (C=O) groups excluding carboxylic acids is 2. The zero-order chi connectivity index (χ0) is 14.6. The molecule has 1 amide bonds. The summed E-state index contributed by atoms with van der Waals surface area (Å²) in [4.78, 5) is 25.0.